The van der Waals surface area contributed by atoms with Gasteiger partial charge in [0.25, 0.3) is 0 Å². The summed E-state index contributed by atoms with van der Waals surface area (Å²) in [4.78, 5) is 0. The second kappa shape index (κ2) is 7.51. The molecule has 1 unspecified atom stereocenters. The molecule has 2 nitrogen and oxygen atoms in total. The molecule has 1 aromatic rings. The summed E-state index contributed by atoms with van der Waals surface area (Å²) in [5.74, 6) is 6.37. The molecule has 1 aliphatic carbocycles. The minimum absolute atomic E-state index is 0.000848. The number of halogens is 3. The van der Waals surface area contributed by atoms with E-state index in [1.165, 1.54) is 37.8 Å². The molecule has 3 N–H and O–H groups in total. The van der Waals surface area contributed by atoms with Gasteiger partial charge in [0, 0.05) is 17.0 Å². The van der Waals surface area contributed by atoms with E-state index < -0.39 is 11.7 Å². The summed E-state index contributed by atoms with van der Waals surface area (Å²) in [6.45, 7) is 0. The van der Waals surface area contributed by atoms with Crippen molar-refractivity contribution in [3.05, 3.63) is 35.4 Å². The van der Waals surface area contributed by atoms with E-state index in [1.54, 1.807) is 6.07 Å². The molecule has 0 bridgehead atoms. The lowest BCUT2D eigenvalue weighted by Crippen LogP contribution is -2.39. The molecule has 2 rings (SSSR count). The van der Waals surface area contributed by atoms with E-state index in [0.29, 0.717) is 17.2 Å². The first-order chi connectivity index (χ1) is 9.99. The van der Waals surface area contributed by atoms with E-state index in [1.807, 2.05) is 11.8 Å². The number of hydrazine groups is 1. The molecule has 1 aromatic carbocycles. The molecule has 1 atom stereocenters. The molecular formula is C15H21F3N2S. The Balaban J connectivity index is 1.91. The average Bonchev–Trinajstić information content (AvgIpc) is 2.96. The molecule has 0 heterocycles. The predicted molar refractivity (Wildman–Crippen MR) is 81.0 cm³/mol. The van der Waals surface area contributed by atoms with Crippen LogP contribution in [0, 0.1) is 0 Å². The van der Waals surface area contributed by atoms with Crippen molar-refractivity contribution in [1.29, 1.82) is 0 Å². The van der Waals surface area contributed by atoms with Crippen LogP contribution in [0.3, 0.4) is 0 Å². The van der Waals surface area contributed by atoms with Crippen molar-refractivity contribution in [2.45, 2.75) is 49.6 Å². The third-order valence-electron chi connectivity index (χ3n) is 3.81. The normalized spacial score (nSPS) is 18.1. The Morgan fingerprint density at radius 2 is 2.00 bits per heavy atom. The Kier molecular flexibility index (Phi) is 5.96. The van der Waals surface area contributed by atoms with E-state index >= 15 is 0 Å². The number of alkyl halides is 3. The van der Waals surface area contributed by atoms with Gasteiger partial charge in [0.2, 0.25) is 0 Å². The average molecular weight is 318 g/mol. The minimum atomic E-state index is -4.29. The van der Waals surface area contributed by atoms with Crippen molar-refractivity contribution in [1.82, 2.24) is 5.43 Å². The fourth-order valence-corrected chi connectivity index (χ4v) is 4.02. The largest absolute Gasteiger partial charge is 0.416 e. The number of hydrogen-bond donors (Lipinski definition) is 2. The SMILES string of the molecule is NNC(CSC1CCCC1)Cc1cccc(C(F)(F)F)c1. The van der Waals surface area contributed by atoms with Crippen LogP contribution in [0.2, 0.25) is 0 Å². The topological polar surface area (TPSA) is 38.0 Å². The van der Waals surface area contributed by atoms with Crippen LogP contribution in [-0.4, -0.2) is 17.0 Å². The van der Waals surface area contributed by atoms with Gasteiger partial charge in [-0.1, -0.05) is 31.0 Å². The second-order valence-electron chi connectivity index (χ2n) is 5.51. The van der Waals surface area contributed by atoms with Crippen LogP contribution in [0.1, 0.15) is 36.8 Å². The van der Waals surface area contributed by atoms with Gasteiger partial charge in [-0.2, -0.15) is 24.9 Å². The maximum absolute atomic E-state index is 12.7. The Bertz CT molecular complexity index is 445. The van der Waals surface area contributed by atoms with E-state index in [2.05, 4.69) is 5.43 Å². The monoisotopic (exact) mass is 318 g/mol. The van der Waals surface area contributed by atoms with E-state index in [0.717, 1.165) is 11.8 Å². The molecule has 0 amide bonds. The molecule has 1 fully saturated rings. The summed E-state index contributed by atoms with van der Waals surface area (Å²) in [6.07, 6.45) is 1.27. The Hall–Kier alpha value is -0.720. The van der Waals surface area contributed by atoms with Gasteiger partial charge in [0.1, 0.15) is 0 Å². The first-order valence-electron chi connectivity index (χ1n) is 7.23. The Morgan fingerprint density at radius 1 is 1.29 bits per heavy atom. The van der Waals surface area contributed by atoms with Crippen LogP contribution in [-0.2, 0) is 12.6 Å². The van der Waals surface area contributed by atoms with Gasteiger partial charge in [-0.25, -0.2) is 0 Å². The van der Waals surface area contributed by atoms with Crippen LogP contribution >= 0.6 is 11.8 Å². The molecule has 0 aliphatic heterocycles. The van der Waals surface area contributed by atoms with Gasteiger partial charge < -0.3 is 0 Å². The summed E-state index contributed by atoms with van der Waals surface area (Å²) < 4.78 is 38.1. The summed E-state index contributed by atoms with van der Waals surface area (Å²) in [6, 6.07) is 5.49. The van der Waals surface area contributed by atoms with Crippen molar-refractivity contribution in [3.63, 3.8) is 0 Å². The van der Waals surface area contributed by atoms with E-state index in [9.17, 15) is 13.2 Å². The van der Waals surface area contributed by atoms with Crippen LogP contribution in [0.25, 0.3) is 0 Å². The number of rotatable bonds is 6. The van der Waals surface area contributed by atoms with Crippen molar-refractivity contribution in [3.8, 4) is 0 Å². The third-order valence-corrected chi connectivity index (χ3v) is 5.35. The van der Waals surface area contributed by atoms with Crippen molar-refractivity contribution >= 4 is 11.8 Å². The molecule has 118 valence electrons. The fourth-order valence-electron chi connectivity index (χ4n) is 2.63. The lowest BCUT2D eigenvalue weighted by Gasteiger charge is -2.18. The van der Waals surface area contributed by atoms with Gasteiger partial charge in [0.05, 0.1) is 5.56 Å². The highest BCUT2D eigenvalue weighted by Crippen LogP contribution is 2.31. The molecule has 0 saturated heterocycles. The van der Waals surface area contributed by atoms with E-state index in [4.69, 9.17) is 5.84 Å². The standard InChI is InChI=1S/C15H21F3N2S/c16-15(17,18)12-5-3-4-11(8-12)9-13(20-19)10-21-14-6-1-2-7-14/h3-5,8,13-14,20H,1-2,6-7,9-10,19H2. The molecule has 1 aliphatic rings. The zero-order chi connectivity index (χ0) is 15.3. The summed E-state index contributed by atoms with van der Waals surface area (Å²) in [5, 5.41) is 0.683. The summed E-state index contributed by atoms with van der Waals surface area (Å²) in [5.41, 5.74) is 2.80. The second-order valence-corrected chi connectivity index (χ2v) is 6.84. The molecular weight excluding hydrogens is 297 g/mol. The van der Waals surface area contributed by atoms with Crippen molar-refractivity contribution in [2.24, 2.45) is 5.84 Å². The quantitative estimate of drug-likeness (QED) is 0.619. The maximum Gasteiger partial charge on any atom is 0.416 e. The lowest BCUT2D eigenvalue weighted by atomic mass is 10.0. The Labute approximate surface area is 127 Å². The highest BCUT2D eigenvalue weighted by molar-refractivity contribution is 7.99. The highest BCUT2D eigenvalue weighted by Gasteiger charge is 2.30. The fraction of sp³-hybridized carbons (Fsp3) is 0.600. The number of benzene rings is 1. The predicted octanol–water partition coefficient (Wildman–Crippen LogP) is 3.76. The van der Waals surface area contributed by atoms with Gasteiger partial charge in [-0.3, -0.25) is 11.3 Å². The molecule has 1 saturated carbocycles. The lowest BCUT2D eigenvalue weighted by molar-refractivity contribution is -0.137. The number of nitrogens with two attached hydrogens (primary N) is 1. The first-order valence-corrected chi connectivity index (χ1v) is 8.28. The van der Waals surface area contributed by atoms with Crippen LogP contribution in [0.5, 0.6) is 0 Å². The number of thioether (sulfide) groups is 1. The van der Waals surface area contributed by atoms with Crippen molar-refractivity contribution < 1.29 is 13.2 Å². The molecule has 21 heavy (non-hydrogen) atoms. The smallest absolute Gasteiger partial charge is 0.271 e. The van der Waals surface area contributed by atoms with Crippen molar-refractivity contribution in [2.75, 3.05) is 5.75 Å². The highest BCUT2D eigenvalue weighted by atomic mass is 32.2. The Morgan fingerprint density at radius 3 is 2.62 bits per heavy atom. The van der Waals surface area contributed by atoms with Gasteiger partial charge in [0.15, 0.2) is 0 Å². The van der Waals surface area contributed by atoms with Gasteiger partial charge in [-0.15, -0.1) is 0 Å². The van der Waals surface area contributed by atoms with Crippen LogP contribution in [0.15, 0.2) is 24.3 Å². The van der Waals surface area contributed by atoms with Crippen LogP contribution in [0.4, 0.5) is 13.2 Å². The molecule has 0 aromatic heterocycles. The summed E-state index contributed by atoms with van der Waals surface area (Å²) >= 11 is 1.88. The molecule has 0 radical (unpaired) electrons. The first kappa shape index (κ1) is 16.6. The maximum atomic E-state index is 12.7. The van der Waals surface area contributed by atoms with Gasteiger partial charge >= 0.3 is 6.18 Å². The third kappa shape index (κ3) is 5.20. The minimum Gasteiger partial charge on any atom is -0.271 e. The molecule has 6 heteroatoms. The van der Waals surface area contributed by atoms with E-state index in [-0.39, 0.29) is 6.04 Å². The summed E-state index contributed by atoms with van der Waals surface area (Å²) in [7, 11) is 0. The number of nitrogens with one attached hydrogen (secondary N) is 1. The molecule has 0 spiro atoms. The number of hydrogen-bond acceptors (Lipinski definition) is 3. The zero-order valence-corrected chi connectivity index (χ0v) is 12.6. The van der Waals surface area contributed by atoms with Gasteiger partial charge in [-0.05, 0) is 30.9 Å². The van der Waals surface area contributed by atoms with Crippen LogP contribution < -0.4 is 11.3 Å². The zero-order valence-electron chi connectivity index (χ0n) is 11.8.